The molecule has 0 aliphatic carbocycles. The van der Waals surface area contributed by atoms with Crippen molar-refractivity contribution in [1.82, 2.24) is 16.0 Å². The molecule has 0 amide bonds. The van der Waals surface area contributed by atoms with Gasteiger partial charge in [-0.05, 0) is 61.5 Å². The number of nitrogens with zero attached hydrogens (tertiary/aromatic N) is 1. The quantitative estimate of drug-likeness (QED) is 0.0836. The lowest BCUT2D eigenvalue weighted by molar-refractivity contribution is -0.141. The van der Waals surface area contributed by atoms with Crippen molar-refractivity contribution in [2.75, 3.05) is 0 Å². The number of fused-ring (bicyclic) bond motifs is 7. The lowest BCUT2D eigenvalue weighted by atomic mass is 9.69. The first kappa shape index (κ1) is 46.6. The zero-order valence-electron chi connectivity index (χ0n) is 34.1. The van der Waals surface area contributed by atoms with E-state index in [9.17, 15) is 79.2 Å². The maximum absolute atomic E-state index is 12.6. The molecule has 9 atom stereocenters. The van der Waals surface area contributed by atoms with Crippen molar-refractivity contribution in [3.8, 4) is 0 Å². The second-order valence-electron chi connectivity index (χ2n) is 17.1. The Bertz CT molecular complexity index is 2120. The SMILES string of the molecule is CC1(CC(=O)O)C2=CC3NC(=C(CCC(=O)O)C3CC(=O)O)C=C3NC(C=C4NC(=CC(=N2)C1CCC(=O)O)C(CCC(=O)O)C4(C)CC(=O)O)C(CCC(=O)O)C3CC(=O)O. The molecular formula is C42H52N4O16. The van der Waals surface area contributed by atoms with Crippen molar-refractivity contribution in [2.24, 2.45) is 45.4 Å². The fourth-order valence-electron chi connectivity index (χ4n) is 10.1. The first-order valence-electron chi connectivity index (χ1n) is 20.3. The van der Waals surface area contributed by atoms with Crippen LogP contribution in [0.2, 0.25) is 0 Å². The van der Waals surface area contributed by atoms with Gasteiger partial charge in [0.2, 0.25) is 0 Å². The summed E-state index contributed by atoms with van der Waals surface area (Å²) in [6, 6.07) is -1.83. The number of hydrogen-bond acceptors (Lipinski definition) is 12. The van der Waals surface area contributed by atoms with Gasteiger partial charge in [-0.3, -0.25) is 43.3 Å². The van der Waals surface area contributed by atoms with Crippen molar-refractivity contribution >= 4 is 53.5 Å². The highest BCUT2D eigenvalue weighted by atomic mass is 16.4. The van der Waals surface area contributed by atoms with Gasteiger partial charge in [-0.25, -0.2) is 0 Å². The van der Waals surface area contributed by atoms with Gasteiger partial charge in [-0.2, -0.15) is 0 Å². The molecule has 2 fully saturated rings. The third-order valence-electron chi connectivity index (χ3n) is 13.0. The first-order chi connectivity index (χ1) is 29.0. The smallest absolute Gasteiger partial charge is 0.304 e. The van der Waals surface area contributed by atoms with Gasteiger partial charge in [0.1, 0.15) is 0 Å². The molecule has 20 nitrogen and oxygen atoms in total. The summed E-state index contributed by atoms with van der Waals surface area (Å²) >= 11 is 0. The molecule has 0 aromatic heterocycles. The first-order valence-corrected chi connectivity index (χ1v) is 20.3. The van der Waals surface area contributed by atoms with Crippen LogP contribution in [0.1, 0.15) is 90.9 Å². The number of carboxylic acids is 8. The Morgan fingerprint density at radius 2 is 1.13 bits per heavy atom. The molecule has 5 heterocycles. The maximum Gasteiger partial charge on any atom is 0.304 e. The van der Waals surface area contributed by atoms with Crippen LogP contribution in [0, 0.1) is 40.4 Å². The van der Waals surface area contributed by atoms with Crippen LogP contribution in [-0.2, 0) is 38.4 Å². The van der Waals surface area contributed by atoms with E-state index in [4.69, 9.17) is 4.99 Å². The molecule has 5 aliphatic heterocycles. The average molecular weight is 869 g/mol. The molecule has 0 saturated carbocycles. The highest BCUT2D eigenvalue weighted by molar-refractivity contribution is 6.02. The normalized spacial score (nSPS) is 29.8. The Morgan fingerprint density at radius 1 is 0.581 bits per heavy atom. The number of hydrogen-bond donors (Lipinski definition) is 11. The molecule has 0 aromatic rings. The summed E-state index contributed by atoms with van der Waals surface area (Å²) in [5.74, 6) is -14.0. The number of carbonyl (C=O) groups is 8. The van der Waals surface area contributed by atoms with Gasteiger partial charge in [0.25, 0.3) is 0 Å². The van der Waals surface area contributed by atoms with Crippen LogP contribution >= 0.6 is 0 Å². The second-order valence-corrected chi connectivity index (χ2v) is 17.1. The number of aliphatic imine (C=N–C) groups is 1. The van der Waals surface area contributed by atoms with Crippen LogP contribution < -0.4 is 16.0 Å². The molecule has 0 spiro atoms. The van der Waals surface area contributed by atoms with Crippen molar-refractivity contribution in [1.29, 1.82) is 0 Å². The third kappa shape index (κ3) is 10.3. The minimum Gasteiger partial charge on any atom is -0.481 e. The van der Waals surface area contributed by atoms with Crippen LogP contribution in [0.4, 0.5) is 0 Å². The average Bonchev–Trinajstić information content (AvgIpc) is 3.77. The van der Waals surface area contributed by atoms with Crippen molar-refractivity contribution < 1.29 is 79.2 Å². The highest BCUT2D eigenvalue weighted by Gasteiger charge is 2.52. The Balaban J connectivity index is 1.89. The van der Waals surface area contributed by atoms with Crippen LogP contribution in [0.3, 0.4) is 0 Å². The summed E-state index contributed by atoms with van der Waals surface area (Å²) in [6.45, 7) is 3.21. The van der Waals surface area contributed by atoms with E-state index >= 15 is 0 Å². The van der Waals surface area contributed by atoms with E-state index in [2.05, 4.69) is 16.0 Å². The van der Waals surface area contributed by atoms with E-state index in [0.717, 1.165) is 0 Å². The van der Waals surface area contributed by atoms with E-state index in [0.29, 0.717) is 11.3 Å². The molecule has 0 radical (unpaired) electrons. The third-order valence-corrected chi connectivity index (χ3v) is 13.0. The number of nitrogens with one attached hydrogen (secondary N) is 3. The zero-order valence-corrected chi connectivity index (χ0v) is 34.1. The van der Waals surface area contributed by atoms with Gasteiger partial charge in [0.05, 0.1) is 31.7 Å². The monoisotopic (exact) mass is 868 g/mol. The van der Waals surface area contributed by atoms with Crippen LogP contribution in [0.15, 0.2) is 63.4 Å². The summed E-state index contributed by atoms with van der Waals surface area (Å²) in [6.07, 6.45) is 2.12. The second kappa shape index (κ2) is 18.7. The maximum atomic E-state index is 12.6. The number of aliphatic carboxylic acids is 8. The molecule has 20 heteroatoms. The van der Waals surface area contributed by atoms with Gasteiger partial charge in [0, 0.05) is 100 Å². The standard InChI is InChI=1S/C42H52N4O16/c1-41(17-39(59)60)23(5-9-35(51)52)29-14-30-24(6-10-36(53)54)42(2,18-40(61)62)32(46-30)16-28-22(12-38(57)58)19(3-7-33(47)48)25(43-28)13-26-21(11-37(55)56)20(4-8-34(49)50)27(44-26)15-31(41)45-29/h13-16,20-24,27-28,43-45H,3-12,17-18H2,1-2H3,(H,47,48)(H,49,50)(H,51,52)(H,53,54)(H,55,56)(H,57,58)(H,59,60)(H,61,62). The molecule has 9 unspecified atom stereocenters. The number of rotatable bonds is 20. The van der Waals surface area contributed by atoms with Crippen LogP contribution in [0.25, 0.3) is 0 Å². The molecule has 5 rings (SSSR count). The van der Waals surface area contributed by atoms with Gasteiger partial charge >= 0.3 is 47.8 Å². The Kier molecular flexibility index (Phi) is 14.0. The Morgan fingerprint density at radius 3 is 1.69 bits per heavy atom. The summed E-state index contributed by atoms with van der Waals surface area (Å²) in [5, 5.41) is 89.9. The number of allylic oxidation sites excluding steroid dienone is 6. The van der Waals surface area contributed by atoms with Crippen molar-refractivity contribution in [3.63, 3.8) is 0 Å². The van der Waals surface area contributed by atoms with E-state index in [1.807, 2.05) is 0 Å². The predicted molar refractivity (Wildman–Crippen MR) is 214 cm³/mol. The topological polar surface area (TPSA) is 347 Å². The molecule has 62 heavy (non-hydrogen) atoms. The van der Waals surface area contributed by atoms with Crippen molar-refractivity contribution in [3.05, 3.63) is 58.4 Å². The Hall–Kier alpha value is -6.47. The van der Waals surface area contributed by atoms with Gasteiger partial charge in [-0.15, -0.1) is 0 Å². The van der Waals surface area contributed by atoms with Gasteiger partial charge in [-0.1, -0.05) is 13.8 Å². The lowest BCUT2D eigenvalue weighted by Crippen LogP contribution is -2.34. The molecule has 5 aliphatic rings. The highest BCUT2D eigenvalue weighted by Crippen LogP contribution is 2.53. The van der Waals surface area contributed by atoms with Crippen LogP contribution in [-0.4, -0.2) is 106 Å². The van der Waals surface area contributed by atoms with Gasteiger partial charge < -0.3 is 56.8 Å². The molecule has 2 saturated heterocycles. The minimum atomic E-state index is -1.43. The summed E-state index contributed by atoms with van der Waals surface area (Å²) in [5.41, 5.74) is -0.969. The largest absolute Gasteiger partial charge is 0.481 e. The molecule has 0 aromatic carbocycles. The molecule has 11 N–H and O–H groups in total. The van der Waals surface area contributed by atoms with Gasteiger partial charge in [0.15, 0.2) is 0 Å². The summed E-state index contributed by atoms with van der Waals surface area (Å²) in [7, 11) is 0. The van der Waals surface area contributed by atoms with E-state index < -0.39 is 145 Å². The van der Waals surface area contributed by atoms with E-state index in [-0.39, 0.29) is 60.6 Å². The number of carboxylic acid groups (broad SMARTS) is 8. The minimum absolute atomic E-state index is 0.0498. The molecule has 8 bridgehead atoms. The van der Waals surface area contributed by atoms with Crippen molar-refractivity contribution in [2.45, 2.75) is 103 Å². The van der Waals surface area contributed by atoms with Crippen LogP contribution in [0.5, 0.6) is 0 Å². The fourth-order valence-corrected chi connectivity index (χ4v) is 10.1. The molecular weight excluding hydrogens is 816 g/mol. The predicted octanol–water partition coefficient (Wildman–Crippen LogP) is 3.24. The summed E-state index contributed by atoms with van der Waals surface area (Å²) < 4.78 is 0. The van der Waals surface area contributed by atoms with E-state index in [1.54, 1.807) is 38.2 Å². The molecule has 336 valence electrons. The fraction of sp³-hybridized carbons (Fsp3) is 0.548. The summed E-state index contributed by atoms with van der Waals surface area (Å²) in [4.78, 5) is 103. The Labute approximate surface area is 354 Å². The lowest BCUT2D eigenvalue weighted by Gasteiger charge is -2.32. The zero-order chi connectivity index (χ0) is 45.8. The van der Waals surface area contributed by atoms with E-state index in [1.165, 1.54) is 0 Å².